The van der Waals surface area contributed by atoms with E-state index in [0.29, 0.717) is 12.8 Å². The first-order valence-electron chi connectivity index (χ1n) is 6.94. The number of azide groups is 1. The molecular weight excluding hydrogens is 298 g/mol. The van der Waals surface area contributed by atoms with Crippen LogP contribution in [0.15, 0.2) is 17.3 Å². The predicted octanol–water partition coefficient (Wildman–Crippen LogP) is 6.25. The molecule has 0 aromatic heterocycles. The summed E-state index contributed by atoms with van der Waals surface area (Å²) in [6.45, 7) is 5.69. The lowest BCUT2D eigenvalue weighted by molar-refractivity contribution is 0.439. The van der Waals surface area contributed by atoms with Gasteiger partial charge in [0.25, 0.3) is 0 Å². The van der Waals surface area contributed by atoms with Crippen LogP contribution >= 0.6 is 0 Å². The second kappa shape index (κ2) is 8.44. The maximum Gasteiger partial charge on any atom is 0.171 e. The zero-order valence-corrected chi connectivity index (χ0v) is 12.3. The van der Waals surface area contributed by atoms with Crippen molar-refractivity contribution in [1.29, 1.82) is 0 Å². The number of hydrogen-bond acceptors (Lipinski definition) is 1. The average Bonchev–Trinajstić information content (AvgIpc) is 2.48. The van der Waals surface area contributed by atoms with E-state index in [9.17, 15) is 17.6 Å². The van der Waals surface area contributed by atoms with E-state index in [2.05, 4.69) is 16.6 Å². The van der Waals surface area contributed by atoms with Crippen molar-refractivity contribution in [2.24, 2.45) is 5.11 Å². The third-order valence-electron chi connectivity index (χ3n) is 3.26. The van der Waals surface area contributed by atoms with Crippen molar-refractivity contribution >= 4 is 5.69 Å². The summed E-state index contributed by atoms with van der Waals surface area (Å²) in [6.07, 6.45) is 3.62. The van der Waals surface area contributed by atoms with Crippen molar-refractivity contribution in [2.75, 3.05) is 0 Å². The van der Waals surface area contributed by atoms with Gasteiger partial charge in [0.15, 0.2) is 23.3 Å². The van der Waals surface area contributed by atoms with Crippen LogP contribution in [-0.2, 0) is 6.42 Å². The summed E-state index contributed by atoms with van der Waals surface area (Å²) in [5, 5.41) is 2.65. The minimum absolute atomic E-state index is 0.116. The molecule has 0 bridgehead atoms. The van der Waals surface area contributed by atoms with Crippen molar-refractivity contribution in [2.45, 2.75) is 45.4 Å². The standard InChI is InChI=1S/C15H17F4N3/c1-9(2)7-5-3-4-6-8-10-11(16)13(18)15(21-22-20)14(19)12(10)17/h1,3-8H2,2H3. The zero-order valence-electron chi connectivity index (χ0n) is 12.3. The molecule has 0 aliphatic heterocycles. The Labute approximate surface area is 126 Å². The normalized spacial score (nSPS) is 10.4. The number of allylic oxidation sites excluding steroid dienone is 1. The molecule has 1 rings (SSSR count). The highest BCUT2D eigenvalue weighted by atomic mass is 19.2. The first kappa shape index (κ1) is 18.0. The lowest BCUT2D eigenvalue weighted by atomic mass is 10.0. The second-order valence-corrected chi connectivity index (χ2v) is 5.14. The fourth-order valence-corrected chi connectivity index (χ4v) is 2.10. The van der Waals surface area contributed by atoms with E-state index in [1.54, 1.807) is 0 Å². The number of nitrogens with zero attached hydrogens (tertiary/aromatic N) is 3. The smallest absolute Gasteiger partial charge is 0.171 e. The fourth-order valence-electron chi connectivity index (χ4n) is 2.10. The summed E-state index contributed by atoms with van der Waals surface area (Å²) in [5.74, 6) is -6.31. The van der Waals surface area contributed by atoms with Crippen LogP contribution in [0.3, 0.4) is 0 Å². The molecule has 120 valence electrons. The summed E-state index contributed by atoms with van der Waals surface area (Å²) >= 11 is 0. The Hall–Kier alpha value is -2.01. The Bertz CT molecular complexity index is 578. The molecule has 1 aromatic rings. The summed E-state index contributed by atoms with van der Waals surface area (Å²) in [5.41, 5.74) is 7.30. The molecule has 0 N–H and O–H groups in total. The molecule has 0 aliphatic carbocycles. The molecule has 1 aromatic carbocycles. The van der Waals surface area contributed by atoms with Gasteiger partial charge >= 0.3 is 0 Å². The van der Waals surface area contributed by atoms with Gasteiger partial charge in [-0.15, -0.1) is 6.58 Å². The van der Waals surface area contributed by atoms with Gasteiger partial charge in [-0.25, -0.2) is 17.6 Å². The van der Waals surface area contributed by atoms with Gasteiger partial charge in [0.05, 0.1) is 0 Å². The Kier molecular flexibility index (Phi) is 6.92. The molecule has 0 saturated heterocycles. The molecule has 0 saturated carbocycles. The van der Waals surface area contributed by atoms with E-state index in [4.69, 9.17) is 5.53 Å². The second-order valence-electron chi connectivity index (χ2n) is 5.14. The molecule has 7 heteroatoms. The molecule has 0 amide bonds. The lowest BCUT2D eigenvalue weighted by Gasteiger charge is -2.09. The third-order valence-corrected chi connectivity index (χ3v) is 3.26. The van der Waals surface area contributed by atoms with E-state index < -0.39 is 34.5 Å². The Balaban J connectivity index is 2.76. The van der Waals surface area contributed by atoms with Crippen LogP contribution in [0.2, 0.25) is 0 Å². The van der Waals surface area contributed by atoms with E-state index in [1.807, 2.05) is 6.92 Å². The van der Waals surface area contributed by atoms with Crippen molar-refractivity contribution in [1.82, 2.24) is 0 Å². The molecule has 22 heavy (non-hydrogen) atoms. The quantitative estimate of drug-likeness (QED) is 0.103. The van der Waals surface area contributed by atoms with Gasteiger partial charge in [-0.05, 0) is 38.1 Å². The molecular formula is C15H17F4N3. The summed E-state index contributed by atoms with van der Waals surface area (Å²) in [4.78, 5) is 2.15. The molecule has 0 unspecified atom stereocenters. The van der Waals surface area contributed by atoms with Gasteiger partial charge < -0.3 is 0 Å². The van der Waals surface area contributed by atoms with Crippen molar-refractivity contribution in [3.8, 4) is 0 Å². The maximum atomic E-state index is 13.7. The van der Waals surface area contributed by atoms with E-state index in [-0.39, 0.29) is 6.42 Å². The Morgan fingerprint density at radius 2 is 1.55 bits per heavy atom. The van der Waals surface area contributed by atoms with Gasteiger partial charge in [0.2, 0.25) is 0 Å². The van der Waals surface area contributed by atoms with Crippen LogP contribution < -0.4 is 0 Å². The van der Waals surface area contributed by atoms with Crippen molar-refractivity contribution < 1.29 is 17.6 Å². The molecule has 3 nitrogen and oxygen atoms in total. The van der Waals surface area contributed by atoms with Gasteiger partial charge in [-0.1, -0.05) is 23.5 Å². The van der Waals surface area contributed by atoms with Crippen LogP contribution in [0.5, 0.6) is 0 Å². The van der Waals surface area contributed by atoms with Crippen molar-refractivity contribution in [3.63, 3.8) is 0 Å². The first-order chi connectivity index (χ1) is 10.4. The molecule has 0 spiro atoms. The number of benzene rings is 1. The van der Waals surface area contributed by atoms with Gasteiger partial charge in [0, 0.05) is 10.5 Å². The highest BCUT2D eigenvalue weighted by Gasteiger charge is 2.24. The lowest BCUT2D eigenvalue weighted by Crippen LogP contribution is -2.04. The van der Waals surface area contributed by atoms with Crippen LogP contribution in [0, 0.1) is 23.3 Å². The predicted molar refractivity (Wildman–Crippen MR) is 76.7 cm³/mol. The number of hydrogen-bond donors (Lipinski definition) is 0. The minimum Gasteiger partial charge on any atom is -0.203 e. The van der Waals surface area contributed by atoms with Gasteiger partial charge in [0.1, 0.15) is 5.69 Å². The SMILES string of the molecule is C=C(C)CCCCCCc1c(F)c(F)c(N=[N+]=[N-])c(F)c1F. The summed E-state index contributed by atoms with van der Waals surface area (Å²) in [6, 6.07) is 0. The first-order valence-corrected chi connectivity index (χ1v) is 6.94. The average molecular weight is 315 g/mol. The highest BCUT2D eigenvalue weighted by molar-refractivity contribution is 5.44. The zero-order chi connectivity index (χ0) is 16.7. The maximum absolute atomic E-state index is 13.7. The summed E-state index contributed by atoms with van der Waals surface area (Å²) < 4.78 is 54.6. The van der Waals surface area contributed by atoms with E-state index >= 15 is 0 Å². The van der Waals surface area contributed by atoms with Gasteiger partial charge in [-0.2, -0.15) is 0 Å². The fraction of sp³-hybridized carbons (Fsp3) is 0.467. The van der Waals surface area contributed by atoms with Crippen molar-refractivity contribution in [3.05, 3.63) is 51.4 Å². The Morgan fingerprint density at radius 1 is 1.00 bits per heavy atom. The van der Waals surface area contributed by atoms with Crippen LogP contribution in [0.1, 0.15) is 44.6 Å². The molecule has 0 fully saturated rings. The molecule has 0 heterocycles. The van der Waals surface area contributed by atoms with Gasteiger partial charge in [-0.3, -0.25) is 0 Å². The third kappa shape index (κ3) is 4.49. The number of halogens is 4. The van der Waals surface area contributed by atoms with Crippen LogP contribution in [0.4, 0.5) is 23.2 Å². The molecule has 0 aliphatic rings. The minimum atomic E-state index is -1.66. The van der Waals surface area contributed by atoms with Crippen LogP contribution in [-0.4, -0.2) is 0 Å². The molecule has 0 atom stereocenters. The number of unbranched alkanes of at least 4 members (excludes halogenated alkanes) is 3. The highest BCUT2D eigenvalue weighted by Crippen LogP contribution is 2.31. The van der Waals surface area contributed by atoms with E-state index in [1.165, 1.54) is 0 Å². The molecule has 0 radical (unpaired) electrons. The largest absolute Gasteiger partial charge is 0.203 e. The van der Waals surface area contributed by atoms with E-state index in [0.717, 1.165) is 24.8 Å². The monoisotopic (exact) mass is 315 g/mol. The topological polar surface area (TPSA) is 48.8 Å². The summed E-state index contributed by atoms with van der Waals surface area (Å²) in [7, 11) is 0. The Morgan fingerprint density at radius 3 is 2.05 bits per heavy atom. The van der Waals surface area contributed by atoms with Crippen LogP contribution in [0.25, 0.3) is 10.4 Å². The number of rotatable bonds is 8.